The van der Waals surface area contributed by atoms with E-state index in [9.17, 15) is 0 Å². The first-order chi connectivity index (χ1) is 8.08. The minimum Gasteiger partial charge on any atom is -0.390 e. The van der Waals surface area contributed by atoms with Crippen molar-refractivity contribution in [1.82, 2.24) is 0 Å². The van der Waals surface area contributed by atoms with Gasteiger partial charge in [0, 0.05) is 6.04 Å². The molecule has 3 saturated heterocycles. The van der Waals surface area contributed by atoms with Crippen LogP contribution >= 0.6 is 0 Å². The van der Waals surface area contributed by atoms with Gasteiger partial charge in [0.1, 0.15) is 39.3 Å². The van der Waals surface area contributed by atoms with Crippen LogP contribution in [-0.2, 0) is 0 Å². The molecular weight excluding hydrogens is 212 g/mol. The lowest BCUT2D eigenvalue weighted by atomic mass is 10.1. The van der Waals surface area contributed by atoms with E-state index in [-0.39, 0.29) is 0 Å². The van der Waals surface area contributed by atoms with Gasteiger partial charge in [0.2, 0.25) is 0 Å². The third kappa shape index (κ3) is 2.99. The molecule has 0 aromatic rings. The van der Waals surface area contributed by atoms with Gasteiger partial charge in [-0.15, -0.1) is 0 Å². The van der Waals surface area contributed by atoms with Crippen LogP contribution in [0.4, 0.5) is 0 Å². The summed E-state index contributed by atoms with van der Waals surface area (Å²) in [7, 11) is 2.42. The molecule has 3 aliphatic rings. The normalized spacial score (nSPS) is 38.7. The predicted octanol–water partition coefficient (Wildman–Crippen LogP) is 0.433. The Morgan fingerprint density at radius 3 is 2.29 bits per heavy atom. The molecule has 1 atom stereocenters. The highest BCUT2D eigenvalue weighted by Gasteiger charge is 2.46. The van der Waals surface area contributed by atoms with E-state index < -0.39 is 0 Å². The lowest BCUT2D eigenvalue weighted by Gasteiger charge is -2.54. The molecule has 98 valence electrons. The Hall–Kier alpha value is -0.610. The predicted molar refractivity (Wildman–Crippen MR) is 71.9 cm³/mol. The van der Waals surface area contributed by atoms with Crippen molar-refractivity contribution in [2.24, 2.45) is 10.7 Å². The van der Waals surface area contributed by atoms with E-state index >= 15 is 0 Å². The molecule has 3 heterocycles. The lowest BCUT2D eigenvalue weighted by molar-refractivity contribution is -1.07. The number of fused-ring (bicyclic) bond motifs is 3. The Kier molecular flexibility index (Phi) is 3.73. The summed E-state index contributed by atoms with van der Waals surface area (Å²) in [4.78, 5) is 4.22. The fourth-order valence-electron chi connectivity index (χ4n) is 3.31. The van der Waals surface area contributed by atoms with Gasteiger partial charge in [0.25, 0.3) is 0 Å². The Morgan fingerprint density at radius 1 is 1.18 bits per heavy atom. The number of piperazine rings is 3. The minimum atomic E-state index is 0.397. The Balaban J connectivity index is 1.76. The van der Waals surface area contributed by atoms with Crippen molar-refractivity contribution in [1.29, 1.82) is 0 Å². The van der Waals surface area contributed by atoms with Crippen molar-refractivity contribution in [2.75, 3.05) is 52.9 Å². The fraction of sp³-hybridized carbons (Fsp3) is 0.923. The first kappa shape index (κ1) is 12.8. The molecule has 3 rings (SSSR count). The molecule has 17 heavy (non-hydrogen) atoms. The van der Waals surface area contributed by atoms with Gasteiger partial charge in [-0.05, 0) is 19.8 Å². The van der Waals surface area contributed by atoms with Crippen LogP contribution in [0.25, 0.3) is 0 Å². The molecule has 3 aliphatic heterocycles. The maximum absolute atomic E-state index is 5.32. The Labute approximate surface area is 105 Å². The topological polar surface area (TPSA) is 38.4 Å². The highest BCUT2D eigenvalue weighted by molar-refractivity contribution is 5.51. The summed E-state index contributed by atoms with van der Waals surface area (Å²) in [6, 6.07) is 0.397. The molecule has 1 unspecified atom stereocenters. The van der Waals surface area contributed by atoms with Gasteiger partial charge in [0.05, 0.1) is 19.9 Å². The molecule has 0 aromatic carbocycles. The van der Waals surface area contributed by atoms with Crippen LogP contribution in [0, 0.1) is 0 Å². The SMILES string of the molecule is CC(CCC[N+]12CC[N+](C)(CC1)CC2)N=CN. The quantitative estimate of drug-likeness (QED) is 0.422. The molecule has 0 aliphatic carbocycles. The summed E-state index contributed by atoms with van der Waals surface area (Å²) in [5.74, 6) is 0. The summed E-state index contributed by atoms with van der Waals surface area (Å²) in [6.07, 6.45) is 3.92. The van der Waals surface area contributed by atoms with E-state index in [4.69, 9.17) is 5.73 Å². The van der Waals surface area contributed by atoms with Gasteiger partial charge >= 0.3 is 0 Å². The fourth-order valence-corrected chi connectivity index (χ4v) is 3.31. The first-order valence-electron chi connectivity index (χ1n) is 7.00. The molecule has 0 amide bonds. The minimum absolute atomic E-state index is 0.397. The van der Waals surface area contributed by atoms with E-state index in [1.54, 1.807) is 0 Å². The molecule has 0 saturated carbocycles. The molecule has 0 aromatic heterocycles. The van der Waals surface area contributed by atoms with Crippen molar-refractivity contribution in [2.45, 2.75) is 25.8 Å². The summed E-state index contributed by atoms with van der Waals surface area (Å²) < 4.78 is 2.71. The van der Waals surface area contributed by atoms with Crippen molar-refractivity contribution in [3.05, 3.63) is 0 Å². The van der Waals surface area contributed by atoms with Crippen LogP contribution in [0.2, 0.25) is 0 Å². The van der Waals surface area contributed by atoms with Gasteiger partial charge in [-0.3, -0.25) is 4.99 Å². The van der Waals surface area contributed by atoms with Crippen LogP contribution in [0.5, 0.6) is 0 Å². The third-order valence-electron chi connectivity index (χ3n) is 4.94. The monoisotopic (exact) mass is 240 g/mol. The zero-order valence-corrected chi connectivity index (χ0v) is 11.4. The van der Waals surface area contributed by atoms with Gasteiger partial charge in [-0.2, -0.15) is 0 Å². The number of aliphatic imine (C=N–C) groups is 1. The van der Waals surface area contributed by atoms with Crippen molar-refractivity contribution in [3.63, 3.8) is 0 Å². The van der Waals surface area contributed by atoms with Crippen LogP contribution in [-0.4, -0.2) is 74.2 Å². The number of hydrogen-bond donors (Lipinski definition) is 1. The van der Waals surface area contributed by atoms with Gasteiger partial charge in [0.15, 0.2) is 0 Å². The standard InChI is InChI=1S/C13H28N4/c1-13(15-12-14)4-3-5-17-9-6-16(2,7-10-17)8-11-17/h12-13H,3-11H2,1-2H3,(H2,14,15)/q+2. The number of nitrogens with two attached hydrogens (primary N) is 1. The van der Waals surface area contributed by atoms with Gasteiger partial charge in [-0.25, -0.2) is 0 Å². The zero-order chi connectivity index (χ0) is 12.4. The average Bonchev–Trinajstić information content (AvgIpc) is 2.32. The highest BCUT2D eigenvalue weighted by Crippen LogP contribution is 2.25. The molecule has 2 N–H and O–H groups in total. The van der Waals surface area contributed by atoms with Crippen molar-refractivity contribution >= 4 is 6.34 Å². The van der Waals surface area contributed by atoms with Crippen LogP contribution in [0.15, 0.2) is 4.99 Å². The number of rotatable bonds is 5. The van der Waals surface area contributed by atoms with E-state index in [1.165, 1.54) is 74.0 Å². The molecule has 4 nitrogen and oxygen atoms in total. The second kappa shape index (κ2) is 4.94. The highest BCUT2D eigenvalue weighted by atomic mass is 15.5. The molecule has 0 radical (unpaired) electrons. The summed E-state index contributed by atoms with van der Waals surface area (Å²) in [5, 5.41) is 0. The average molecular weight is 240 g/mol. The van der Waals surface area contributed by atoms with Crippen molar-refractivity contribution < 1.29 is 8.97 Å². The Morgan fingerprint density at radius 2 is 1.76 bits per heavy atom. The van der Waals surface area contributed by atoms with E-state index in [1.807, 2.05) is 0 Å². The maximum atomic E-state index is 5.32. The molecular formula is C13H28N4+2. The summed E-state index contributed by atoms with van der Waals surface area (Å²) in [5.41, 5.74) is 5.32. The molecule has 3 fully saturated rings. The van der Waals surface area contributed by atoms with Crippen LogP contribution in [0.3, 0.4) is 0 Å². The number of hydrogen-bond acceptors (Lipinski definition) is 1. The largest absolute Gasteiger partial charge is 0.390 e. The van der Waals surface area contributed by atoms with E-state index in [2.05, 4.69) is 19.0 Å². The van der Waals surface area contributed by atoms with Gasteiger partial charge in [-0.1, -0.05) is 0 Å². The summed E-state index contributed by atoms with van der Waals surface area (Å²) in [6.45, 7) is 11.8. The van der Waals surface area contributed by atoms with Crippen LogP contribution in [0.1, 0.15) is 19.8 Å². The second-order valence-corrected chi connectivity index (χ2v) is 6.32. The Bertz CT molecular complexity index is 263. The number of likely N-dealkylation sites (N-methyl/N-ethyl adjacent to an activating group) is 1. The molecule has 4 heteroatoms. The lowest BCUT2D eigenvalue weighted by Crippen LogP contribution is -2.73. The molecule has 0 spiro atoms. The van der Waals surface area contributed by atoms with Gasteiger partial charge < -0.3 is 14.7 Å². The second-order valence-electron chi connectivity index (χ2n) is 6.32. The summed E-state index contributed by atoms with van der Waals surface area (Å²) >= 11 is 0. The van der Waals surface area contributed by atoms with E-state index in [0.29, 0.717) is 6.04 Å². The number of quaternary nitrogens is 2. The van der Waals surface area contributed by atoms with Crippen LogP contribution < -0.4 is 5.73 Å². The third-order valence-corrected chi connectivity index (χ3v) is 4.94. The molecule has 2 bridgehead atoms. The maximum Gasteiger partial charge on any atom is 0.129 e. The number of nitrogens with zero attached hydrogens (tertiary/aromatic N) is 3. The first-order valence-corrected chi connectivity index (χ1v) is 7.00. The zero-order valence-electron chi connectivity index (χ0n) is 11.4. The smallest absolute Gasteiger partial charge is 0.129 e. The van der Waals surface area contributed by atoms with Crippen molar-refractivity contribution in [3.8, 4) is 0 Å². The van der Waals surface area contributed by atoms with E-state index in [0.717, 1.165) is 0 Å².